The summed E-state index contributed by atoms with van der Waals surface area (Å²) in [5.74, 6) is -0.213. The van der Waals surface area contributed by atoms with Crippen LogP contribution in [0.4, 0.5) is 5.69 Å². The third-order valence-electron chi connectivity index (χ3n) is 4.43. The van der Waals surface area contributed by atoms with Gasteiger partial charge in [0.1, 0.15) is 17.2 Å². The standard InChI is InChI=1S/C22H23N3O4S/c1-17-10-11-20(29-2)21(13-17)30(27,28)25(19-8-4-3-5-9-19)16-22(26)24-15-18-7-6-12-23-14-18/h3-14H,15-16H2,1-2H3,(H,24,26). The van der Waals surface area contributed by atoms with Crippen LogP contribution in [0.3, 0.4) is 0 Å². The molecule has 2 aromatic carbocycles. The van der Waals surface area contributed by atoms with E-state index in [1.807, 2.05) is 6.07 Å². The van der Waals surface area contributed by atoms with E-state index < -0.39 is 15.9 Å². The van der Waals surface area contributed by atoms with Crippen LogP contribution >= 0.6 is 0 Å². The number of nitrogens with one attached hydrogen (secondary N) is 1. The van der Waals surface area contributed by atoms with Gasteiger partial charge >= 0.3 is 0 Å². The summed E-state index contributed by atoms with van der Waals surface area (Å²) in [6.07, 6.45) is 3.29. The number of aromatic nitrogens is 1. The van der Waals surface area contributed by atoms with Crippen LogP contribution in [0.25, 0.3) is 0 Å². The molecular formula is C22H23N3O4S. The molecule has 7 nitrogen and oxygen atoms in total. The second-order valence-corrected chi connectivity index (χ2v) is 8.47. The lowest BCUT2D eigenvalue weighted by atomic mass is 10.2. The highest BCUT2D eigenvalue weighted by Gasteiger charge is 2.30. The number of benzene rings is 2. The monoisotopic (exact) mass is 425 g/mol. The van der Waals surface area contributed by atoms with Crippen LogP contribution in [0.2, 0.25) is 0 Å². The first-order valence-corrected chi connectivity index (χ1v) is 10.7. The van der Waals surface area contributed by atoms with Gasteiger partial charge in [-0.05, 0) is 48.4 Å². The van der Waals surface area contributed by atoms with Crippen LogP contribution in [0.5, 0.6) is 5.75 Å². The first-order chi connectivity index (χ1) is 14.4. The minimum Gasteiger partial charge on any atom is -0.495 e. The Hall–Kier alpha value is -3.39. The zero-order chi connectivity index (χ0) is 21.6. The molecule has 1 aromatic heterocycles. The summed E-state index contributed by atoms with van der Waals surface area (Å²) >= 11 is 0. The summed E-state index contributed by atoms with van der Waals surface area (Å²) in [7, 11) is -2.65. The Morgan fingerprint density at radius 2 is 1.87 bits per heavy atom. The van der Waals surface area contributed by atoms with Crippen LogP contribution in [0, 0.1) is 6.92 Å². The van der Waals surface area contributed by atoms with Gasteiger partial charge < -0.3 is 10.1 Å². The average Bonchev–Trinajstić information content (AvgIpc) is 2.77. The molecule has 0 aliphatic heterocycles. The van der Waals surface area contributed by atoms with E-state index in [-0.39, 0.29) is 23.7 Å². The smallest absolute Gasteiger partial charge is 0.268 e. The van der Waals surface area contributed by atoms with Crippen LogP contribution in [-0.4, -0.2) is 33.0 Å². The van der Waals surface area contributed by atoms with Crippen molar-refractivity contribution in [3.63, 3.8) is 0 Å². The lowest BCUT2D eigenvalue weighted by Gasteiger charge is -2.25. The van der Waals surface area contributed by atoms with E-state index >= 15 is 0 Å². The van der Waals surface area contributed by atoms with Crippen molar-refractivity contribution in [2.24, 2.45) is 0 Å². The average molecular weight is 426 g/mol. The minimum atomic E-state index is -4.06. The van der Waals surface area contributed by atoms with Gasteiger partial charge in [-0.2, -0.15) is 0 Å². The Labute approximate surface area is 176 Å². The molecule has 0 saturated carbocycles. The zero-order valence-electron chi connectivity index (χ0n) is 16.8. The highest BCUT2D eigenvalue weighted by molar-refractivity contribution is 7.93. The highest BCUT2D eigenvalue weighted by atomic mass is 32.2. The van der Waals surface area contributed by atoms with Crippen molar-refractivity contribution in [1.82, 2.24) is 10.3 Å². The van der Waals surface area contributed by atoms with Crippen molar-refractivity contribution in [3.8, 4) is 5.75 Å². The molecule has 1 heterocycles. The predicted octanol–water partition coefficient (Wildman–Crippen LogP) is 2.91. The topological polar surface area (TPSA) is 88.6 Å². The molecule has 0 aliphatic carbocycles. The fourth-order valence-corrected chi connectivity index (χ4v) is 4.57. The maximum absolute atomic E-state index is 13.5. The second kappa shape index (κ2) is 9.41. The maximum atomic E-state index is 13.5. The quantitative estimate of drug-likeness (QED) is 0.600. The van der Waals surface area contributed by atoms with Gasteiger partial charge in [-0.1, -0.05) is 30.3 Å². The number of ether oxygens (including phenoxy) is 1. The lowest BCUT2D eigenvalue weighted by molar-refractivity contribution is -0.119. The molecule has 8 heteroatoms. The molecule has 1 amide bonds. The number of methoxy groups -OCH3 is 1. The molecule has 0 bridgehead atoms. The van der Waals surface area contributed by atoms with Gasteiger partial charge in [0, 0.05) is 18.9 Å². The number of para-hydroxylation sites is 1. The summed E-state index contributed by atoms with van der Waals surface area (Å²) in [5.41, 5.74) is 1.97. The van der Waals surface area contributed by atoms with Gasteiger partial charge in [0.05, 0.1) is 12.8 Å². The number of amides is 1. The van der Waals surface area contributed by atoms with Crippen LogP contribution in [0.1, 0.15) is 11.1 Å². The summed E-state index contributed by atoms with van der Waals surface area (Å²) in [4.78, 5) is 16.6. The Kier molecular flexibility index (Phi) is 6.68. The van der Waals surface area contributed by atoms with E-state index in [0.717, 1.165) is 15.4 Å². The van der Waals surface area contributed by atoms with Gasteiger partial charge in [-0.3, -0.25) is 14.1 Å². The third kappa shape index (κ3) is 4.96. The predicted molar refractivity (Wildman–Crippen MR) is 115 cm³/mol. The number of hydrogen-bond acceptors (Lipinski definition) is 5. The second-order valence-electron chi connectivity index (χ2n) is 6.64. The molecule has 0 saturated heterocycles. The van der Waals surface area contributed by atoms with E-state index in [2.05, 4.69) is 10.3 Å². The molecular weight excluding hydrogens is 402 g/mol. The van der Waals surface area contributed by atoms with Gasteiger partial charge in [0.15, 0.2) is 0 Å². The number of nitrogens with zero attached hydrogens (tertiary/aromatic N) is 2. The van der Waals surface area contributed by atoms with Crippen molar-refractivity contribution in [2.75, 3.05) is 18.0 Å². The SMILES string of the molecule is COc1ccc(C)cc1S(=O)(=O)N(CC(=O)NCc1cccnc1)c1ccccc1. The van der Waals surface area contributed by atoms with Gasteiger partial charge in [0.25, 0.3) is 10.0 Å². The number of carbonyl (C=O) groups excluding carboxylic acids is 1. The minimum absolute atomic E-state index is 0.00825. The van der Waals surface area contributed by atoms with Crippen molar-refractivity contribution < 1.29 is 17.9 Å². The molecule has 3 aromatic rings. The Balaban J connectivity index is 1.91. The first-order valence-electron chi connectivity index (χ1n) is 9.30. The number of sulfonamides is 1. The third-order valence-corrected chi connectivity index (χ3v) is 6.23. The molecule has 0 atom stereocenters. The zero-order valence-corrected chi connectivity index (χ0v) is 17.6. The molecule has 0 spiro atoms. The lowest BCUT2D eigenvalue weighted by Crippen LogP contribution is -2.40. The molecule has 156 valence electrons. The molecule has 0 aliphatic rings. The van der Waals surface area contributed by atoms with Crippen LogP contribution in [-0.2, 0) is 21.4 Å². The molecule has 3 rings (SSSR count). The maximum Gasteiger partial charge on any atom is 0.268 e. The van der Waals surface area contributed by atoms with E-state index in [1.165, 1.54) is 13.2 Å². The van der Waals surface area contributed by atoms with Crippen molar-refractivity contribution in [1.29, 1.82) is 0 Å². The van der Waals surface area contributed by atoms with E-state index in [4.69, 9.17) is 4.74 Å². The fourth-order valence-electron chi connectivity index (χ4n) is 2.90. The molecule has 30 heavy (non-hydrogen) atoms. The first kappa shape index (κ1) is 21.3. The number of carbonyl (C=O) groups is 1. The van der Waals surface area contributed by atoms with Gasteiger partial charge in [-0.25, -0.2) is 8.42 Å². The highest BCUT2D eigenvalue weighted by Crippen LogP contribution is 2.30. The normalized spacial score (nSPS) is 11.0. The summed E-state index contributed by atoms with van der Waals surface area (Å²) in [6.45, 7) is 1.68. The molecule has 0 radical (unpaired) electrons. The van der Waals surface area contributed by atoms with Crippen molar-refractivity contribution in [2.45, 2.75) is 18.4 Å². The molecule has 1 N–H and O–H groups in total. The number of anilines is 1. The van der Waals surface area contributed by atoms with Crippen molar-refractivity contribution in [3.05, 3.63) is 84.2 Å². The van der Waals surface area contributed by atoms with Crippen LogP contribution in [0.15, 0.2) is 78.0 Å². The van der Waals surface area contributed by atoms with Crippen LogP contribution < -0.4 is 14.4 Å². The number of rotatable bonds is 8. The van der Waals surface area contributed by atoms with Crippen molar-refractivity contribution >= 4 is 21.6 Å². The van der Waals surface area contributed by atoms with Gasteiger partial charge in [-0.15, -0.1) is 0 Å². The number of aryl methyl sites for hydroxylation is 1. The summed E-state index contributed by atoms with van der Waals surface area (Å²) in [6, 6.07) is 17.0. The van der Waals surface area contributed by atoms with E-state index in [1.54, 1.807) is 67.8 Å². The number of pyridine rings is 1. The summed E-state index contributed by atoms with van der Waals surface area (Å²) < 4.78 is 33.4. The summed E-state index contributed by atoms with van der Waals surface area (Å²) in [5, 5.41) is 2.75. The Morgan fingerprint density at radius 1 is 1.10 bits per heavy atom. The van der Waals surface area contributed by atoms with E-state index in [9.17, 15) is 13.2 Å². The largest absolute Gasteiger partial charge is 0.495 e. The Morgan fingerprint density at radius 3 is 2.53 bits per heavy atom. The Bertz CT molecular complexity index is 1100. The van der Waals surface area contributed by atoms with Gasteiger partial charge in [0.2, 0.25) is 5.91 Å². The number of hydrogen-bond donors (Lipinski definition) is 1. The molecule has 0 fully saturated rings. The van der Waals surface area contributed by atoms with E-state index in [0.29, 0.717) is 5.69 Å². The molecule has 0 unspecified atom stereocenters. The fraction of sp³-hybridized carbons (Fsp3) is 0.182.